The van der Waals surface area contributed by atoms with Crippen LogP contribution in [0.3, 0.4) is 0 Å². The van der Waals surface area contributed by atoms with E-state index in [-0.39, 0.29) is 17.9 Å². The molecule has 0 aromatic carbocycles. The van der Waals surface area contributed by atoms with Gasteiger partial charge in [0.15, 0.2) is 0 Å². The third kappa shape index (κ3) is 14.3. The number of allylic oxidation sites excluding steroid dienone is 6. The molecule has 0 aromatic rings. The van der Waals surface area contributed by atoms with Crippen LogP contribution in [-0.2, 0) is 23.8 Å². The highest BCUT2D eigenvalue weighted by Crippen LogP contribution is 2.24. The van der Waals surface area contributed by atoms with Crippen LogP contribution in [0.1, 0.15) is 67.2 Å². The molecule has 42 heavy (non-hydrogen) atoms. The molecule has 0 aliphatic carbocycles. The lowest BCUT2D eigenvalue weighted by molar-refractivity contribution is -0.139. The van der Waals surface area contributed by atoms with E-state index in [9.17, 15) is 19.5 Å². The molecule has 0 fully saturated rings. The van der Waals surface area contributed by atoms with Gasteiger partial charge in [-0.3, -0.25) is 9.59 Å². The summed E-state index contributed by atoms with van der Waals surface area (Å²) in [4.78, 5) is 36.6. The molecule has 10 heteroatoms. The van der Waals surface area contributed by atoms with Gasteiger partial charge in [-0.2, -0.15) is 0 Å². The molecule has 10 nitrogen and oxygen atoms in total. The van der Waals surface area contributed by atoms with Gasteiger partial charge in [0.25, 0.3) is 0 Å². The van der Waals surface area contributed by atoms with Crippen molar-refractivity contribution in [2.75, 3.05) is 7.11 Å². The fraction of sp³-hybridized carbons (Fsp3) is 0.531. The SMILES string of the molecule is C/C=C\C[C@@H](C/C=C\NC(=O)[C@@H](NC(=O)\C=C/C=C\C(C)=C\[C@H](C)[C@@H]1CCC=C(OC)[C@H](O)O1)C(C)(C)C)OC(N)=O. The highest BCUT2D eigenvalue weighted by molar-refractivity contribution is 5.93. The average Bonchev–Trinajstić information content (AvgIpc) is 3.10. The fourth-order valence-corrected chi connectivity index (χ4v) is 4.24. The zero-order chi connectivity index (χ0) is 31.7. The molecule has 1 aliphatic rings. The van der Waals surface area contributed by atoms with Gasteiger partial charge in [-0.15, -0.1) is 0 Å². The first-order valence-corrected chi connectivity index (χ1v) is 14.2. The number of primary amides is 1. The van der Waals surface area contributed by atoms with Crippen molar-refractivity contribution in [3.05, 3.63) is 72.2 Å². The highest BCUT2D eigenvalue weighted by Gasteiger charge is 2.32. The summed E-state index contributed by atoms with van der Waals surface area (Å²) in [5, 5.41) is 15.6. The monoisotopic (exact) mass is 587 g/mol. The third-order valence-corrected chi connectivity index (χ3v) is 6.48. The number of aliphatic hydroxyl groups excluding tert-OH is 1. The van der Waals surface area contributed by atoms with Gasteiger partial charge < -0.3 is 35.7 Å². The lowest BCUT2D eigenvalue weighted by Gasteiger charge is -2.29. The number of methoxy groups -OCH3 is 1. The summed E-state index contributed by atoms with van der Waals surface area (Å²) in [6, 6.07) is -0.797. The van der Waals surface area contributed by atoms with Crippen LogP contribution in [0.15, 0.2) is 72.2 Å². The molecule has 0 bridgehead atoms. The Bertz CT molecular complexity index is 1070. The topological polar surface area (TPSA) is 149 Å². The van der Waals surface area contributed by atoms with Gasteiger partial charge in [-0.25, -0.2) is 4.79 Å². The van der Waals surface area contributed by atoms with Gasteiger partial charge in [0, 0.05) is 24.8 Å². The molecule has 5 N–H and O–H groups in total. The van der Waals surface area contributed by atoms with E-state index in [1.54, 1.807) is 18.2 Å². The Balaban J connectivity index is 2.69. The predicted octanol–water partition coefficient (Wildman–Crippen LogP) is 4.69. The maximum Gasteiger partial charge on any atom is 0.404 e. The number of ether oxygens (including phenoxy) is 3. The van der Waals surface area contributed by atoms with Crippen LogP contribution in [0.5, 0.6) is 0 Å². The van der Waals surface area contributed by atoms with Crippen molar-refractivity contribution in [3.63, 3.8) is 0 Å². The molecule has 1 aliphatic heterocycles. The number of nitrogens with two attached hydrogens (primary N) is 1. The molecule has 1 heterocycles. The van der Waals surface area contributed by atoms with Crippen molar-refractivity contribution < 1.29 is 33.7 Å². The maximum absolute atomic E-state index is 12.9. The standard InChI is InChI=1S/C32H49N3O7/c1-8-9-15-24(41-31(33)39)16-13-20-34-29(37)28(32(4,5)6)35-27(36)19-11-10-14-22(2)21-23(3)25-17-12-18-26(40-7)30(38)42-25/h8-11,13-14,18-21,23-25,28,30,38H,12,15-17H2,1-7H3,(H2,33,39)(H,34,37)(H,35,36)/b9-8-,14-10-,19-11-,20-13-,22-21+/t23-,24-,25-,28+,30+/m0/s1. The van der Waals surface area contributed by atoms with Gasteiger partial charge in [-0.05, 0) is 44.4 Å². The Labute approximate surface area is 250 Å². The molecule has 0 saturated carbocycles. The Morgan fingerprint density at radius 3 is 2.48 bits per heavy atom. The van der Waals surface area contributed by atoms with Gasteiger partial charge in [0.05, 0.1) is 13.2 Å². The number of rotatable bonds is 14. The second kappa shape index (κ2) is 18.7. The number of carbonyl (C=O) groups excluding carboxylic acids is 3. The first kappa shape index (κ1) is 36.4. The van der Waals surface area contributed by atoms with E-state index in [2.05, 4.69) is 16.7 Å². The summed E-state index contributed by atoms with van der Waals surface area (Å²) >= 11 is 0. The second-order valence-electron chi connectivity index (χ2n) is 11.2. The summed E-state index contributed by atoms with van der Waals surface area (Å²) < 4.78 is 16.0. The van der Waals surface area contributed by atoms with Crippen molar-refractivity contribution >= 4 is 17.9 Å². The molecule has 0 radical (unpaired) electrons. The van der Waals surface area contributed by atoms with Crippen LogP contribution in [0.4, 0.5) is 4.79 Å². The first-order valence-electron chi connectivity index (χ1n) is 14.2. The van der Waals surface area contributed by atoms with Crippen LogP contribution < -0.4 is 16.4 Å². The second-order valence-corrected chi connectivity index (χ2v) is 11.2. The Kier molecular flexibility index (Phi) is 16.2. The lowest BCUT2D eigenvalue weighted by Crippen LogP contribution is -2.52. The maximum atomic E-state index is 12.9. The van der Waals surface area contributed by atoms with Gasteiger partial charge >= 0.3 is 6.09 Å². The van der Waals surface area contributed by atoms with Crippen molar-refractivity contribution in [1.82, 2.24) is 10.6 Å². The van der Waals surface area contributed by atoms with Crippen molar-refractivity contribution in [2.45, 2.75) is 91.8 Å². The third-order valence-electron chi connectivity index (χ3n) is 6.48. The Hall–Kier alpha value is -3.63. The van der Waals surface area contributed by atoms with Gasteiger partial charge in [0.2, 0.25) is 18.1 Å². The smallest absolute Gasteiger partial charge is 0.404 e. The first-order chi connectivity index (χ1) is 19.8. The molecule has 234 valence electrons. The molecule has 0 unspecified atom stereocenters. The Morgan fingerprint density at radius 2 is 1.86 bits per heavy atom. The van der Waals surface area contributed by atoms with Crippen LogP contribution in [0.2, 0.25) is 0 Å². The van der Waals surface area contributed by atoms with E-state index in [1.807, 2.05) is 65.8 Å². The molecule has 0 spiro atoms. The van der Waals surface area contributed by atoms with E-state index in [0.717, 1.165) is 18.4 Å². The van der Waals surface area contributed by atoms with Crippen LogP contribution >= 0.6 is 0 Å². The molecule has 0 saturated heterocycles. The fourth-order valence-electron chi connectivity index (χ4n) is 4.24. The van der Waals surface area contributed by atoms with Gasteiger partial charge in [0.1, 0.15) is 17.9 Å². The van der Waals surface area contributed by atoms with Crippen LogP contribution in [0.25, 0.3) is 0 Å². The minimum atomic E-state index is -1.07. The predicted molar refractivity (Wildman–Crippen MR) is 164 cm³/mol. The van der Waals surface area contributed by atoms with Gasteiger partial charge in [-0.1, -0.05) is 75.8 Å². The normalized spacial score (nSPS) is 20.8. The van der Waals surface area contributed by atoms with Crippen molar-refractivity contribution in [2.24, 2.45) is 17.1 Å². The minimum Gasteiger partial charge on any atom is -0.496 e. The number of amides is 3. The number of aliphatic hydroxyl groups is 1. The van der Waals surface area contributed by atoms with E-state index < -0.39 is 35.9 Å². The van der Waals surface area contributed by atoms with Crippen molar-refractivity contribution in [3.8, 4) is 0 Å². The van der Waals surface area contributed by atoms with Crippen LogP contribution in [0, 0.1) is 11.3 Å². The number of hydrogen-bond acceptors (Lipinski definition) is 7. The van der Waals surface area contributed by atoms with E-state index in [1.165, 1.54) is 19.4 Å². The summed E-state index contributed by atoms with van der Waals surface area (Å²) in [5.41, 5.74) is 5.55. The number of carbonyl (C=O) groups is 3. The molecule has 1 rings (SSSR count). The molecule has 3 amide bonds. The lowest BCUT2D eigenvalue weighted by atomic mass is 9.86. The van der Waals surface area contributed by atoms with Crippen molar-refractivity contribution in [1.29, 1.82) is 0 Å². The zero-order valence-electron chi connectivity index (χ0n) is 26.0. The minimum absolute atomic E-state index is 0.0519. The van der Waals surface area contributed by atoms with E-state index in [4.69, 9.17) is 19.9 Å². The molecule has 0 aromatic heterocycles. The summed E-state index contributed by atoms with van der Waals surface area (Å²) in [7, 11) is 1.51. The quantitative estimate of drug-likeness (QED) is 0.131. The van der Waals surface area contributed by atoms with Crippen LogP contribution in [-0.4, -0.2) is 54.7 Å². The zero-order valence-corrected chi connectivity index (χ0v) is 26.0. The molecule has 5 atom stereocenters. The highest BCUT2D eigenvalue weighted by atomic mass is 16.6. The van der Waals surface area contributed by atoms with E-state index in [0.29, 0.717) is 18.6 Å². The largest absolute Gasteiger partial charge is 0.496 e. The molecular weight excluding hydrogens is 538 g/mol. The number of hydrogen-bond donors (Lipinski definition) is 4. The number of nitrogens with one attached hydrogen (secondary N) is 2. The molecular formula is C32H49N3O7. The Morgan fingerprint density at radius 1 is 1.19 bits per heavy atom. The average molecular weight is 588 g/mol. The summed E-state index contributed by atoms with van der Waals surface area (Å²) in [6.45, 7) is 11.4. The van der Waals surface area contributed by atoms with E-state index >= 15 is 0 Å². The summed E-state index contributed by atoms with van der Waals surface area (Å²) in [5.74, 6) is -0.297. The summed E-state index contributed by atoms with van der Waals surface area (Å²) in [6.07, 6.45) is 17.2.